The Kier molecular flexibility index (Phi) is 4.66. The third kappa shape index (κ3) is 3.06. The van der Waals surface area contributed by atoms with Gasteiger partial charge >= 0.3 is 0 Å². The number of para-hydroxylation sites is 2. The summed E-state index contributed by atoms with van der Waals surface area (Å²) in [4.78, 5) is 24.4. The summed E-state index contributed by atoms with van der Waals surface area (Å²) in [6, 6.07) is 11.2. The Labute approximate surface area is 168 Å². The number of aliphatic hydroxyl groups excluding tert-OH is 1. The number of aromatic nitrogens is 4. The predicted molar refractivity (Wildman–Crippen MR) is 111 cm³/mol. The Morgan fingerprint density at radius 3 is 2.86 bits per heavy atom. The van der Waals surface area contributed by atoms with E-state index in [0.717, 1.165) is 5.52 Å². The van der Waals surface area contributed by atoms with E-state index in [1.54, 1.807) is 20.0 Å². The number of thiophene rings is 1. The van der Waals surface area contributed by atoms with Crippen LogP contribution >= 0.6 is 23.1 Å². The number of rotatable bonds is 4. The molecule has 9 heteroatoms. The number of H-pyrrole nitrogens is 1. The van der Waals surface area contributed by atoms with Gasteiger partial charge in [-0.2, -0.15) is 5.26 Å². The minimum absolute atomic E-state index is 0.0674. The van der Waals surface area contributed by atoms with E-state index in [2.05, 4.69) is 15.0 Å². The highest BCUT2D eigenvalue weighted by molar-refractivity contribution is 7.99. The Morgan fingerprint density at radius 2 is 2.11 bits per heavy atom. The molecule has 140 valence electrons. The molecule has 0 fully saturated rings. The van der Waals surface area contributed by atoms with E-state index in [-0.39, 0.29) is 16.9 Å². The van der Waals surface area contributed by atoms with Crippen LogP contribution in [-0.2, 0) is 7.05 Å². The van der Waals surface area contributed by atoms with E-state index in [9.17, 15) is 15.2 Å². The monoisotopic (exact) mass is 409 g/mol. The number of hydrogen-bond donors (Lipinski definition) is 2. The maximum atomic E-state index is 12.5. The van der Waals surface area contributed by atoms with Crippen LogP contribution in [0.25, 0.3) is 26.8 Å². The van der Waals surface area contributed by atoms with Crippen LogP contribution in [0.5, 0.6) is 0 Å². The van der Waals surface area contributed by atoms with Gasteiger partial charge in [-0.05, 0) is 30.5 Å². The van der Waals surface area contributed by atoms with Crippen molar-refractivity contribution in [2.75, 3.05) is 0 Å². The minimum Gasteiger partial charge on any atom is -0.510 e. The first kappa shape index (κ1) is 18.3. The first-order valence-electron chi connectivity index (χ1n) is 8.39. The lowest BCUT2D eigenvalue weighted by Crippen LogP contribution is -2.20. The lowest BCUT2D eigenvalue weighted by molar-refractivity contribution is 0.401. The van der Waals surface area contributed by atoms with Gasteiger partial charge in [0.05, 0.1) is 21.8 Å². The number of nitrogens with zero attached hydrogens (tertiary/aromatic N) is 4. The van der Waals surface area contributed by atoms with Crippen molar-refractivity contribution in [3.8, 4) is 6.07 Å². The highest BCUT2D eigenvalue weighted by Gasteiger charge is 2.21. The SMILES string of the molecule is CC(Sc1nc2ccsc2c(=O)n1C)/C(O)=C(/C#N)c1nc2ccccc2[nH]1. The Bertz CT molecular complexity index is 1290. The first-order valence-corrected chi connectivity index (χ1v) is 10.1. The lowest BCUT2D eigenvalue weighted by atomic mass is 10.2. The van der Waals surface area contributed by atoms with Crippen molar-refractivity contribution >= 4 is 49.9 Å². The van der Waals surface area contributed by atoms with Crippen molar-refractivity contribution in [2.24, 2.45) is 7.05 Å². The highest BCUT2D eigenvalue weighted by atomic mass is 32.2. The van der Waals surface area contributed by atoms with E-state index >= 15 is 0 Å². The van der Waals surface area contributed by atoms with Gasteiger partial charge in [-0.25, -0.2) is 9.97 Å². The molecule has 28 heavy (non-hydrogen) atoms. The molecule has 0 amide bonds. The molecule has 1 unspecified atom stereocenters. The number of aliphatic hydroxyl groups is 1. The average molecular weight is 409 g/mol. The van der Waals surface area contributed by atoms with Gasteiger partial charge in [0.2, 0.25) is 0 Å². The lowest BCUT2D eigenvalue weighted by Gasteiger charge is -2.13. The van der Waals surface area contributed by atoms with Crippen LogP contribution in [0, 0.1) is 11.3 Å². The number of thioether (sulfide) groups is 1. The zero-order valence-electron chi connectivity index (χ0n) is 15.0. The van der Waals surface area contributed by atoms with Crippen molar-refractivity contribution in [3.05, 3.63) is 57.6 Å². The summed E-state index contributed by atoms with van der Waals surface area (Å²) in [6.45, 7) is 1.75. The zero-order chi connectivity index (χ0) is 19.8. The summed E-state index contributed by atoms with van der Waals surface area (Å²) in [5.74, 6) is 0.190. The molecular weight excluding hydrogens is 394 g/mol. The number of benzene rings is 1. The second-order valence-electron chi connectivity index (χ2n) is 6.13. The molecule has 1 atom stereocenters. The molecule has 0 spiro atoms. The van der Waals surface area contributed by atoms with Gasteiger partial charge in [0.15, 0.2) is 11.0 Å². The van der Waals surface area contributed by atoms with E-state index < -0.39 is 5.25 Å². The van der Waals surface area contributed by atoms with Crippen LogP contribution in [0.1, 0.15) is 12.7 Å². The molecule has 0 radical (unpaired) electrons. The number of nitriles is 1. The molecule has 3 heterocycles. The van der Waals surface area contributed by atoms with E-state index in [1.165, 1.54) is 27.7 Å². The van der Waals surface area contributed by atoms with Crippen LogP contribution < -0.4 is 5.56 Å². The smallest absolute Gasteiger partial charge is 0.271 e. The van der Waals surface area contributed by atoms with E-state index in [4.69, 9.17) is 0 Å². The normalized spacial score (nSPS) is 13.5. The molecular formula is C19H15N5O2S2. The molecule has 7 nitrogen and oxygen atoms in total. The van der Waals surface area contributed by atoms with Gasteiger partial charge in [0, 0.05) is 7.05 Å². The topological polar surface area (TPSA) is 108 Å². The van der Waals surface area contributed by atoms with Crippen LogP contribution in [0.4, 0.5) is 0 Å². The van der Waals surface area contributed by atoms with Crippen LogP contribution in [-0.4, -0.2) is 29.9 Å². The Morgan fingerprint density at radius 1 is 1.32 bits per heavy atom. The summed E-state index contributed by atoms with van der Waals surface area (Å²) in [5, 5.41) is 22.1. The van der Waals surface area contributed by atoms with Crippen molar-refractivity contribution < 1.29 is 5.11 Å². The average Bonchev–Trinajstić information content (AvgIpc) is 3.32. The maximum Gasteiger partial charge on any atom is 0.271 e. The molecule has 0 aliphatic heterocycles. The van der Waals surface area contributed by atoms with Crippen molar-refractivity contribution in [1.29, 1.82) is 5.26 Å². The molecule has 2 N–H and O–H groups in total. The van der Waals surface area contributed by atoms with Crippen molar-refractivity contribution in [1.82, 2.24) is 19.5 Å². The number of aromatic amines is 1. The first-order chi connectivity index (χ1) is 13.5. The maximum absolute atomic E-state index is 12.5. The zero-order valence-corrected chi connectivity index (χ0v) is 16.6. The van der Waals surface area contributed by atoms with Gasteiger partial charge < -0.3 is 10.1 Å². The van der Waals surface area contributed by atoms with Gasteiger partial charge in [-0.1, -0.05) is 23.9 Å². The van der Waals surface area contributed by atoms with E-state index in [1.807, 2.05) is 35.7 Å². The molecule has 0 saturated carbocycles. The van der Waals surface area contributed by atoms with Gasteiger partial charge in [0.1, 0.15) is 22.1 Å². The molecule has 3 aromatic heterocycles. The third-order valence-electron chi connectivity index (χ3n) is 4.31. The Balaban J connectivity index is 1.72. The summed E-state index contributed by atoms with van der Waals surface area (Å²) < 4.78 is 2.06. The molecule has 1 aromatic carbocycles. The molecule has 0 aliphatic rings. The molecule has 4 rings (SSSR count). The van der Waals surface area contributed by atoms with E-state index in [0.29, 0.717) is 26.7 Å². The second kappa shape index (κ2) is 7.14. The predicted octanol–water partition coefficient (Wildman–Crippen LogP) is 3.84. The fraction of sp³-hybridized carbons (Fsp3) is 0.158. The number of fused-ring (bicyclic) bond motifs is 2. The summed E-state index contributed by atoms with van der Waals surface area (Å²) in [7, 11) is 1.65. The van der Waals surface area contributed by atoms with Crippen molar-refractivity contribution in [2.45, 2.75) is 17.3 Å². The number of imidazole rings is 1. The third-order valence-corrected chi connectivity index (χ3v) is 6.35. The summed E-state index contributed by atoms with van der Waals surface area (Å²) in [6.07, 6.45) is 0. The number of hydrogen-bond acceptors (Lipinski definition) is 7. The quantitative estimate of drug-likeness (QED) is 0.229. The summed E-state index contributed by atoms with van der Waals surface area (Å²) in [5.41, 5.74) is 2.06. The minimum atomic E-state index is -0.503. The summed E-state index contributed by atoms with van der Waals surface area (Å²) >= 11 is 2.56. The highest BCUT2D eigenvalue weighted by Crippen LogP contribution is 2.30. The fourth-order valence-corrected chi connectivity index (χ4v) is 4.54. The van der Waals surface area contributed by atoms with Crippen molar-refractivity contribution in [3.63, 3.8) is 0 Å². The van der Waals surface area contributed by atoms with Crippen LogP contribution in [0.2, 0.25) is 0 Å². The molecule has 0 saturated heterocycles. The number of allylic oxidation sites excluding steroid dienone is 1. The standard InChI is InChI=1S/C19H15N5O2S2/c1-10(28-19-23-14-7-8-27-16(14)18(26)24(19)2)15(25)11(9-20)17-21-12-5-3-4-6-13(12)22-17/h3-8,10,25H,1-2H3,(H,21,22)/b15-11+. The van der Waals surface area contributed by atoms with Gasteiger partial charge in [-0.3, -0.25) is 9.36 Å². The van der Waals surface area contributed by atoms with Gasteiger partial charge in [-0.15, -0.1) is 11.3 Å². The second-order valence-corrected chi connectivity index (χ2v) is 8.35. The van der Waals surface area contributed by atoms with Gasteiger partial charge in [0.25, 0.3) is 5.56 Å². The Hall–Kier alpha value is -3.09. The molecule has 0 aliphatic carbocycles. The van der Waals surface area contributed by atoms with Crippen LogP contribution in [0.15, 0.2) is 51.4 Å². The molecule has 0 bridgehead atoms. The fourth-order valence-electron chi connectivity index (χ4n) is 2.79. The molecule has 4 aromatic rings. The number of nitrogens with one attached hydrogen (secondary N) is 1. The van der Waals surface area contributed by atoms with Crippen LogP contribution in [0.3, 0.4) is 0 Å². The largest absolute Gasteiger partial charge is 0.510 e.